The van der Waals surface area contributed by atoms with Gasteiger partial charge in [0.15, 0.2) is 0 Å². The van der Waals surface area contributed by atoms with Crippen LogP contribution in [0.3, 0.4) is 0 Å². The number of rotatable bonds is 1. The summed E-state index contributed by atoms with van der Waals surface area (Å²) in [5.74, 6) is -1.40. The minimum Gasteiger partial charge on any atom is -0.481 e. The van der Waals surface area contributed by atoms with Crippen LogP contribution in [-0.2, 0) is 16.0 Å². The van der Waals surface area contributed by atoms with Gasteiger partial charge in [0.2, 0.25) is 5.91 Å². The molecule has 1 aliphatic carbocycles. The Morgan fingerprint density at radius 1 is 1.24 bits per heavy atom. The number of benzene rings is 1. The maximum absolute atomic E-state index is 12.6. The topological polar surface area (TPSA) is 57.6 Å². The van der Waals surface area contributed by atoms with Gasteiger partial charge in [0, 0.05) is 7.05 Å². The Balaban J connectivity index is 2.20. The van der Waals surface area contributed by atoms with E-state index in [9.17, 15) is 14.7 Å². The van der Waals surface area contributed by atoms with Crippen molar-refractivity contribution in [1.82, 2.24) is 4.90 Å². The van der Waals surface area contributed by atoms with Crippen molar-refractivity contribution in [2.24, 2.45) is 0 Å². The van der Waals surface area contributed by atoms with Crippen LogP contribution in [0.4, 0.5) is 0 Å². The summed E-state index contributed by atoms with van der Waals surface area (Å²) in [6.45, 7) is 0. The van der Waals surface area contributed by atoms with E-state index < -0.39 is 17.4 Å². The van der Waals surface area contributed by atoms with Gasteiger partial charge >= 0.3 is 5.97 Å². The van der Waals surface area contributed by atoms with Crippen molar-refractivity contribution >= 4 is 11.9 Å². The molecule has 0 radical (unpaired) electrons. The van der Waals surface area contributed by atoms with Crippen LogP contribution in [0, 0.1) is 0 Å². The van der Waals surface area contributed by atoms with E-state index in [-0.39, 0.29) is 5.91 Å². The highest BCUT2D eigenvalue weighted by molar-refractivity contribution is 5.86. The van der Waals surface area contributed by atoms with E-state index in [1.807, 2.05) is 24.3 Å². The van der Waals surface area contributed by atoms with Gasteiger partial charge in [-0.3, -0.25) is 9.59 Å². The molecule has 1 spiro atoms. The highest BCUT2D eigenvalue weighted by Crippen LogP contribution is 2.46. The molecule has 4 heteroatoms. The molecule has 1 aromatic carbocycles. The van der Waals surface area contributed by atoms with Gasteiger partial charge < -0.3 is 10.0 Å². The van der Waals surface area contributed by atoms with Gasteiger partial charge in [0.25, 0.3) is 0 Å². The highest BCUT2D eigenvalue weighted by atomic mass is 16.4. The molecular formula is C17H21NO3. The molecule has 3 rings (SSSR count). The van der Waals surface area contributed by atoms with Crippen LogP contribution in [0.25, 0.3) is 0 Å². The number of aliphatic carboxylic acids is 1. The average Bonchev–Trinajstić information content (AvgIpc) is 2.56. The molecule has 0 saturated heterocycles. The molecule has 1 unspecified atom stereocenters. The molecule has 1 aromatic rings. The molecule has 21 heavy (non-hydrogen) atoms. The minimum atomic E-state index is -0.814. The minimum absolute atomic E-state index is 0.0353. The third-order valence-electron chi connectivity index (χ3n) is 5.25. The van der Waals surface area contributed by atoms with Crippen molar-refractivity contribution in [3.63, 3.8) is 0 Å². The molecule has 4 nitrogen and oxygen atoms in total. The van der Waals surface area contributed by atoms with Gasteiger partial charge in [0.05, 0.1) is 12.0 Å². The molecule has 1 amide bonds. The Morgan fingerprint density at radius 3 is 2.57 bits per heavy atom. The summed E-state index contributed by atoms with van der Waals surface area (Å²) in [4.78, 5) is 26.3. The number of likely N-dealkylation sites (N-methyl/N-ethyl adjacent to an activating group) is 1. The molecule has 1 aliphatic heterocycles. The number of carboxylic acids is 1. The van der Waals surface area contributed by atoms with Crippen molar-refractivity contribution < 1.29 is 14.7 Å². The van der Waals surface area contributed by atoms with Crippen molar-refractivity contribution in [3.05, 3.63) is 35.4 Å². The standard InChI is InChI=1S/C17H21NO3/c1-18-14(19)11-12-7-3-4-8-13(12)15(16(20)21)17(18)9-5-2-6-10-17/h3-4,7-8,15H,2,5-6,9-11H2,1H3,(H,20,21). The summed E-state index contributed by atoms with van der Waals surface area (Å²) < 4.78 is 0. The van der Waals surface area contributed by atoms with E-state index in [4.69, 9.17) is 0 Å². The van der Waals surface area contributed by atoms with Gasteiger partial charge in [-0.15, -0.1) is 0 Å². The second-order valence-electron chi connectivity index (χ2n) is 6.26. The van der Waals surface area contributed by atoms with Crippen LogP contribution in [0.15, 0.2) is 24.3 Å². The lowest BCUT2D eigenvalue weighted by atomic mass is 9.69. The Kier molecular flexibility index (Phi) is 3.47. The first-order chi connectivity index (χ1) is 10.1. The molecule has 1 fully saturated rings. The van der Waals surface area contributed by atoms with Crippen molar-refractivity contribution in [2.75, 3.05) is 7.05 Å². The Bertz CT molecular complexity index is 575. The number of carboxylic acid groups (broad SMARTS) is 1. The fourth-order valence-electron chi connectivity index (χ4n) is 4.14. The fourth-order valence-corrected chi connectivity index (χ4v) is 4.14. The fraction of sp³-hybridized carbons (Fsp3) is 0.529. The zero-order valence-corrected chi connectivity index (χ0v) is 12.3. The average molecular weight is 287 g/mol. The maximum Gasteiger partial charge on any atom is 0.313 e. The Labute approximate surface area is 124 Å². The van der Waals surface area contributed by atoms with Gasteiger partial charge in [-0.2, -0.15) is 0 Å². The van der Waals surface area contributed by atoms with Gasteiger partial charge in [0.1, 0.15) is 5.92 Å². The van der Waals surface area contributed by atoms with Crippen LogP contribution in [0.2, 0.25) is 0 Å². The quantitative estimate of drug-likeness (QED) is 0.863. The van der Waals surface area contributed by atoms with Crippen LogP contribution < -0.4 is 0 Å². The predicted molar refractivity (Wildman–Crippen MR) is 79.1 cm³/mol. The van der Waals surface area contributed by atoms with Crippen LogP contribution >= 0.6 is 0 Å². The summed E-state index contributed by atoms with van der Waals surface area (Å²) in [7, 11) is 1.79. The smallest absolute Gasteiger partial charge is 0.313 e. The summed E-state index contributed by atoms with van der Waals surface area (Å²) >= 11 is 0. The number of hydrogen-bond acceptors (Lipinski definition) is 2. The zero-order valence-electron chi connectivity index (χ0n) is 12.3. The first-order valence-corrected chi connectivity index (χ1v) is 7.63. The summed E-state index contributed by atoms with van der Waals surface area (Å²) in [5.41, 5.74) is 1.13. The summed E-state index contributed by atoms with van der Waals surface area (Å²) in [6.07, 6.45) is 4.96. The molecule has 1 atom stereocenters. The van der Waals surface area contributed by atoms with Crippen LogP contribution in [0.1, 0.15) is 49.1 Å². The van der Waals surface area contributed by atoms with E-state index in [0.29, 0.717) is 6.42 Å². The normalized spacial score (nSPS) is 24.5. The monoisotopic (exact) mass is 287 g/mol. The number of amides is 1. The summed E-state index contributed by atoms with van der Waals surface area (Å²) in [6, 6.07) is 7.53. The summed E-state index contributed by atoms with van der Waals surface area (Å²) in [5, 5.41) is 9.89. The van der Waals surface area contributed by atoms with E-state index in [0.717, 1.165) is 43.2 Å². The predicted octanol–water partition coefficient (Wildman–Crippen LogP) is 2.57. The lowest BCUT2D eigenvalue weighted by Crippen LogP contribution is -2.55. The van der Waals surface area contributed by atoms with Gasteiger partial charge in [-0.1, -0.05) is 43.5 Å². The SMILES string of the molecule is CN1C(=O)Cc2ccccc2C(C(=O)O)C12CCCCC2. The number of hydrogen-bond donors (Lipinski definition) is 1. The van der Waals surface area contributed by atoms with E-state index in [1.165, 1.54) is 0 Å². The molecule has 2 aliphatic rings. The van der Waals surface area contributed by atoms with Crippen LogP contribution in [0.5, 0.6) is 0 Å². The van der Waals surface area contributed by atoms with E-state index >= 15 is 0 Å². The van der Waals surface area contributed by atoms with Gasteiger partial charge in [-0.25, -0.2) is 0 Å². The third-order valence-corrected chi connectivity index (χ3v) is 5.25. The highest BCUT2D eigenvalue weighted by Gasteiger charge is 2.51. The molecule has 1 heterocycles. The van der Waals surface area contributed by atoms with Crippen LogP contribution in [-0.4, -0.2) is 34.5 Å². The van der Waals surface area contributed by atoms with Gasteiger partial charge in [-0.05, 0) is 24.0 Å². The lowest BCUT2D eigenvalue weighted by Gasteiger charge is -2.47. The number of fused-ring (bicyclic) bond motifs is 1. The van der Waals surface area contributed by atoms with Crippen molar-refractivity contribution in [2.45, 2.75) is 50.0 Å². The molecule has 112 valence electrons. The third kappa shape index (κ3) is 2.13. The molecular weight excluding hydrogens is 266 g/mol. The van der Waals surface area contributed by atoms with E-state index in [2.05, 4.69) is 0 Å². The molecule has 1 saturated carbocycles. The first kappa shape index (κ1) is 14.1. The molecule has 1 N–H and O–H groups in total. The van der Waals surface area contributed by atoms with Crippen molar-refractivity contribution in [1.29, 1.82) is 0 Å². The Morgan fingerprint density at radius 2 is 1.90 bits per heavy atom. The zero-order chi connectivity index (χ0) is 15.0. The number of nitrogens with zero attached hydrogens (tertiary/aromatic N) is 1. The first-order valence-electron chi connectivity index (χ1n) is 7.63. The largest absolute Gasteiger partial charge is 0.481 e. The molecule has 0 bridgehead atoms. The lowest BCUT2D eigenvalue weighted by molar-refractivity contribution is -0.147. The van der Waals surface area contributed by atoms with E-state index in [1.54, 1.807) is 11.9 Å². The number of carbonyl (C=O) groups is 2. The molecule has 0 aromatic heterocycles. The number of carbonyl (C=O) groups excluding carboxylic acids is 1. The second-order valence-corrected chi connectivity index (χ2v) is 6.26. The maximum atomic E-state index is 12.6. The Hall–Kier alpha value is -1.84. The van der Waals surface area contributed by atoms with Crippen molar-refractivity contribution in [3.8, 4) is 0 Å². The second kappa shape index (κ2) is 5.17.